The first-order valence-corrected chi connectivity index (χ1v) is 13.4. The Labute approximate surface area is 208 Å². The van der Waals surface area contributed by atoms with Gasteiger partial charge in [0, 0.05) is 18.1 Å². The largest absolute Gasteiger partial charge is 0.354 e. The minimum absolute atomic E-state index is 0.111. The van der Waals surface area contributed by atoms with Crippen molar-refractivity contribution in [1.82, 2.24) is 10.2 Å². The van der Waals surface area contributed by atoms with E-state index >= 15 is 0 Å². The fraction of sp³-hybridized carbons (Fsp3) is 0.440. The zero-order valence-electron chi connectivity index (χ0n) is 20.6. The van der Waals surface area contributed by atoms with Gasteiger partial charge in [0.2, 0.25) is 21.8 Å². The molecule has 0 aliphatic carbocycles. The number of anilines is 1. The quantitative estimate of drug-likeness (QED) is 0.528. The van der Waals surface area contributed by atoms with Crippen LogP contribution in [0.15, 0.2) is 42.5 Å². The zero-order valence-corrected chi connectivity index (χ0v) is 22.2. The third kappa shape index (κ3) is 7.74. The number of amides is 2. The predicted molar refractivity (Wildman–Crippen MR) is 137 cm³/mol. The first kappa shape index (κ1) is 27.7. The number of sulfonamides is 1. The molecule has 0 bridgehead atoms. The second kappa shape index (κ2) is 11.7. The van der Waals surface area contributed by atoms with Crippen molar-refractivity contribution in [2.75, 3.05) is 23.7 Å². The lowest BCUT2D eigenvalue weighted by Gasteiger charge is -2.32. The maximum absolute atomic E-state index is 13.6. The van der Waals surface area contributed by atoms with Crippen LogP contribution in [0.3, 0.4) is 0 Å². The summed E-state index contributed by atoms with van der Waals surface area (Å²) in [6.07, 6.45) is 1.07. The van der Waals surface area contributed by atoms with Gasteiger partial charge in [-0.05, 0) is 61.6 Å². The van der Waals surface area contributed by atoms with E-state index in [9.17, 15) is 18.0 Å². The lowest BCUT2D eigenvalue weighted by molar-refractivity contribution is -0.139. The number of hydrogen-bond donors (Lipinski definition) is 1. The Bertz CT molecular complexity index is 1130. The molecule has 0 aliphatic rings. The van der Waals surface area contributed by atoms with E-state index in [4.69, 9.17) is 11.6 Å². The van der Waals surface area contributed by atoms with Gasteiger partial charge in [-0.15, -0.1) is 0 Å². The highest BCUT2D eigenvalue weighted by molar-refractivity contribution is 7.92. The summed E-state index contributed by atoms with van der Waals surface area (Å²) >= 11 is 6.12. The standard InChI is InChI=1S/C25H34ClN3O4S/c1-17(2)14-27-25(31)20(5)28(15-21-8-7-9-22(26)13-21)24(30)16-29(34(6,32)33)23-12-18(3)10-11-19(23)4/h7-13,17,20H,14-16H2,1-6H3,(H,27,31). The molecule has 34 heavy (non-hydrogen) atoms. The maximum Gasteiger partial charge on any atom is 0.244 e. The first-order valence-electron chi connectivity index (χ1n) is 11.2. The lowest BCUT2D eigenvalue weighted by Crippen LogP contribution is -2.51. The molecule has 2 aromatic carbocycles. The van der Waals surface area contributed by atoms with Crippen LogP contribution in [0.4, 0.5) is 5.69 Å². The molecule has 2 aromatic rings. The van der Waals surface area contributed by atoms with E-state index < -0.39 is 28.5 Å². The third-order valence-electron chi connectivity index (χ3n) is 5.41. The summed E-state index contributed by atoms with van der Waals surface area (Å²) in [5.74, 6) is -0.543. The van der Waals surface area contributed by atoms with E-state index in [1.165, 1.54) is 4.90 Å². The SMILES string of the molecule is Cc1ccc(C)c(N(CC(=O)N(Cc2cccc(Cl)c2)C(C)C(=O)NCC(C)C)S(C)(=O)=O)c1. The van der Waals surface area contributed by atoms with Gasteiger partial charge in [0.25, 0.3) is 0 Å². The number of hydrogen-bond acceptors (Lipinski definition) is 4. The molecule has 0 spiro atoms. The number of aryl methyl sites for hydroxylation is 2. The van der Waals surface area contributed by atoms with Crippen LogP contribution >= 0.6 is 11.6 Å². The van der Waals surface area contributed by atoms with Crippen molar-refractivity contribution in [2.45, 2.75) is 47.2 Å². The second-order valence-electron chi connectivity index (χ2n) is 9.03. The topological polar surface area (TPSA) is 86.8 Å². The molecule has 0 saturated carbocycles. The third-order valence-corrected chi connectivity index (χ3v) is 6.77. The minimum atomic E-state index is -3.77. The van der Waals surface area contributed by atoms with Crippen LogP contribution < -0.4 is 9.62 Å². The summed E-state index contributed by atoms with van der Waals surface area (Å²) in [7, 11) is -3.77. The van der Waals surface area contributed by atoms with Crippen LogP contribution in [0.2, 0.25) is 5.02 Å². The predicted octanol–water partition coefficient (Wildman–Crippen LogP) is 3.91. The van der Waals surface area contributed by atoms with E-state index in [-0.39, 0.29) is 18.4 Å². The van der Waals surface area contributed by atoms with Gasteiger partial charge in [0.15, 0.2) is 0 Å². The monoisotopic (exact) mass is 507 g/mol. The lowest BCUT2D eigenvalue weighted by atomic mass is 10.1. The van der Waals surface area contributed by atoms with Crippen LogP contribution in [-0.2, 0) is 26.2 Å². The van der Waals surface area contributed by atoms with Gasteiger partial charge in [0.05, 0.1) is 11.9 Å². The average Bonchev–Trinajstić information content (AvgIpc) is 2.74. The van der Waals surface area contributed by atoms with Crippen molar-refractivity contribution in [3.8, 4) is 0 Å². The van der Waals surface area contributed by atoms with Crippen molar-refractivity contribution in [2.24, 2.45) is 5.92 Å². The summed E-state index contributed by atoms with van der Waals surface area (Å²) in [6.45, 7) is 9.41. The van der Waals surface area contributed by atoms with E-state index in [0.717, 1.165) is 27.3 Å². The molecule has 9 heteroatoms. The molecule has 1 unspecified atom stereocenters. The van der Waals surface area contributed by atoms with Gasteiger partial charge >= 0.3 is 0 Å². The molecular weight excluding hydrogens is 474 g/mol. The minimum Gasteiger partial charge on any atom is -0.354 e. The van der Waals surface area contributed by atoms with Crippen LogP contribution in [0.5, 0.6) is 0 Å². The number of benzene rings is 2. The van der Waals surface area contributed by atoms with Crippen molar-refractivity contribution in [3.63, 3.8) is 0 Å². The highest BCUT2D eigenvalue weighted by Crippen LogP contribution is 2.24. The molecule has 0 aromatic heterocycles. The van der Waals surface area contributed by atoms with Crippen LogP contribution in [0, 0.1) is 19.8 Å². The molecule has 1 N–H and O–H groups in total. The summed E-state index contributed by atoms with van der Waals surface area (Å²) in [5.41, 5.74) is 2.78. The average molecular weight is 508 g/mol. The smallest absolute Gasteiger partial charge is 0.244 e. The molecular formula is C25H34ClN3O4S. The Balaban J connectivity index is 2.41. The molecule has 1 atom stereocenters. The molecule has 186 valence electrons. The number of nitrogens with one attached hydrogen (secondary N) is 1. The second-order valence-corrected chi connectivity index (χ2v) is 11.4. The first-order chi connectivity index (χ1) is 15.8. The molecule has 0 saturated heterocycles. The van der Waals surface area contributed by atoms with Gasteiger partial charge in [-0.1, -0.05) is 49.7 Å². The fourth-order valence-corrected chi connectivity index (χ4v) is 4.56. The Kier molecular flexibility index (Phi) is 9.53. The summed E-state index contributed by atoms with van der Waals surface area (Å²) in [5, 5.41) is 3.36. The number of nitrogens with zero attached hydrogens (tertiary/aromatic N) is 2. The Morgan fingerprint density at radius 3 is 2.32 bits per heavy atom. The summed E-state index contributed by atoms with van der Waals surface area (Å²) < 4.78 is 26.5. The Morgan fingerprint density at radius 1 is 1.06 bits per heavy atom. The van der Waals surface area contributed by atoms with Crippen LogP contribution in [-0.4, -0.2) is 50.5 Å². The van der Waals surface area contributed by atoms with Crippen molar-refractivity contribution < 1.29 is 18.0 Å². The van der Waals surface area contributed by atoms with Gasteiger partial charge in [-0.2, -0.15) is 0 Å². The van der Waals surface area contributed by atoms with Crippen LogP contribution in [0.25, 0.3) is 0 Å². The molecule has 7 nitrogen and oxygen atoms in total. The number of carbonyl (C=O) groups excluding carboxylic acids is 2. The Morgan fingerprint density at radius 2 is 1.74 bits per heavy atom. The van der Waals surface area contributed by atoms with E-state index in [2.05, 4.69) is 5.32 Å². The fourth-order valence-electron chi connectivity index (χ4n) is 3.45. The summed E-state index contributed by atoms with van der Waals surface area (Å²) in [4.78, 5) is 27.8. The van der Waals surface area contributed by atoms with Gasteiger partial charge in [0.1, 0.15) is 12.6 Å². The van der Waals surface area contributed by atoms with Gasteiger partial charge in [-0.25, -0.2) is 8.42 Å². The van der Waals surface area contributed by atoms with E-state index in [1.807, 2.05) is 39.0 Å². The van der Waals surface area contributed by atoms with Crippen molar-refractivity contribution in [1.29, 1.82) is 0 Å². The highest BCUT2D eigenvalue weighted by atomic mass is 35.5. The van der Waals surface area contributed by atoms with Gasteiger partial charge in [-0.3, -0.25) is 13.9 Å². The normalized spacial score (nSPS) is 12.4. The molecule has 2 amide bonds. The molecule has 0 radical (unpaired) electrons. The number of rotatable bonds is 10. The molecule has 0 aliphatic heterocycles. The van der Waals surface area contributed by atoms with Crippen molar-refractivity contribution in [3.05, 3.63) is 64.2 Å². The van der Waals surface area contributed by atoms with E-state index in [0.29, 0.717) is 17.3 Å². The highest BCUT2D eigenvalue weighted by Gasteiger charge is 2.30. The number of carbonyl (C=O) groups is 2. The maximum atomic E-state index is 13.6. The van der Waals surface area contributed by atoms with E-state index in [1.54, 1.807) is 38.1 Å². The van der Waals surface area contributed by atoms with Crippen LogP contribution in [0.1, 0.15) is 37.5 Å². The molecule has 0 fully saturated rings. The number of halogens is 1. The van der Waals surface area contributed by atoms with Gasteiger partial charge < -0.3 is 10.2 Å². The Hall–Kier alpha value is -2.58. The summed E-state index contributed by atoms with van der Waals surface area (Å²) in [6, 6.07) is 11.6. The zero-order chi connectivity index (χ0) is 25.6. The van der Waals surface area contributed by atoms with Crippen molar-refractivity contribution >= 4 is 39.1 Å². The molecule has 0 heterocycles. The molecule has 2 rings (SSSR count).